The van der Waals surface area contributed by atoms with Gasteiger partial charge in [0.15, 0.2) is 0 Å². The van der Waals surface area contributed by atoms with Crippen LogP contribution in [0.2, 0.25) is 0 Å². The van der Waals surface area contributed by atoms with E-state index in [4.69, 9.17) is 0 Å². The molecule has 4 saturated carbocycles. The van der Waals surface area contributed by atoms with E-state index >= 15 is 0 Å². The number of aliphatic hydroxyl groups is 4. The van der Waals surface area contributed by atoms with Gasteiger partial charge in [0, 0.05) is 6.61 Å². The van der Waals surface area contributed by atoms with Gasteiger partial charge < -0.3 is 20.4 Å². The highest BCUT2D eigenvalue weighted by molar-refractivity contribution is 5.12. The van der Waals surface area contributed by atoms with Crippen LogP contribution in [-0.2, 0) is 0 Å². The first kappa shape index (κ1) is 21.1. The van der Waals surface area contributed by atoms with Crippen LogP contribution in [0.4, 0.5) is 0 Å². The smallest absolute Gasteiger partial charge is 0.0579 e. The summed E-state index contributed by atoms with van der Waals surface area (Å²) in [4.78, 5) is 0. The molecule has 10 unspecified atom stereocenters. The van der Waals surface area contributed by atoms with E-state index < -0.39 is 0 Å². The zero-order valence-electron chi connectivity index (χ0n) is 18.1. The molecule has 0 aromatic heterocycles. The Bertz CT molecular complexity index is 567. The maximum absolute atomic E-state index is 11.4. The highest BCUT2D eigenvalue weighted by atomic mass is 16.3. The molecule has 0 radical (unpaired) electrons. The van der Waals surface area contributed by atoms with Crippen molar-refractivity contribution in [1.82, 2.24) is 0 Å². The Hall–Kier alpha value is -0.160. The molecule has 4 N–H and O–H groups in total. The number of rotatable bonds is 4. The summed E-state index contributed by atoms with van der Waals surface area (Å²) in [6, 6.07) is 0. The van der Waals surface area contributed by atoms with E-state index in [9.17, 15) is 20.4 Å². The van der Waals surface area contributed by atoms with E-state index in [1.807, 2.05) is 0 Å². The Balaban J connectivity index is 1.61. The molecule has 4 aliphatic rings. The van der Waals surface area contributed by atoms with Crippen LogP contribution in [-0.4, -0.2) is 45.3 Å². The van der Waals surface area contributed by atoms with Crippen molar-refractivity contribution in [3.63, 3.8) is 0 Å². The van der Waals surface area contributed by atoms with E-state index in [-0.39, 0.29) is 41.7 Å². The van der Waals surface area contributed by atoms with E-state index in [1.165, 1.54) is 0 Å². The van der Waals surface area contributed by atoms with Crippen molar-refractivity contribution in [2.75, 3.05) is 6.61 Å². The first-order chi connectivity index (χ1) is 13.2. The second kappa shape index (κ2) is 7.51. The van der Waals surface area contributed by atoms with Gasteiger partial charge in [-0.05, 0) is 104 Å². The maximum atomic E-state index is 11.4. The molecular formula is C24H42O4. The monoisotopic (exact) mass is 394 g/mol. The van der Waals surface area contributed by atoms with Crippen molar-refractivity contribution in [1.29, 1.82) is 0 Å². The van der Waals surface area contributed by atoms with E-state index in [1.54, 1.807) is 0 Å². The third-order valence-electron chi connectivity index (χ3n) is 10.4. The molecule has 11 atom stereocenters. The summed E-state index contributed by atoms with van der Waals surface area (Å²) in [5, 5.41) is 42.1. The van der Waals surface area contributed by atoms with Crippen molar-refractivity contribution in [3.05, 3.63) is 0 Å². The molecular weight excluding hydrogens is 352 g/mol. The van der Waals surface area contributed by atoms with Gasteiger partial charge in [0.25, 0.3) is 0 Å². The Morgan fingerprint density at radius 2 is 1.71 bits per heavy atom. The molecule has 4 rings (SSSR count). The summed E-state index contributed by atoms with van der Waals surface area (Å²) >= 11 is 0. The lowest BCUT2D eigenvalue weighted by Gasteiger charge is -2.62. The van der Waals surface area contributed by atoms with Crippen LogP contribution < -0.4 is 0 Å². The van der Waals surface area contributed by atoms with Gasteiger partial charge in [-0.1, -0.05) is 20.8 Å². The topological polar surface area (TPSA) is 80.9 Å². The van der Waals surface area contributed by atoms with E-state index in [0.29, 0.717) is 29.6 Å². The lowest BCUT2D eigenvalue weighted by Crippen LogP contribution is -2.60. The van der Waals surface area contributed by atoms with Gasteiger partial charge in [0.2, 0.25) is 0 Å². The molecule has 4 aliphatic carbocycles. The fourth-order valence-corrected chi connectivity index (χ4v) is 8.60. The maximum Gasteiger partial charge on any atom is 0.0579 e. The number of fused-ring (bicyclic) bond motifs is 5. The molecule has 0 aliphatic heterocycles. The molecule has 0 amide bonds. The summed E-state index contributed by atoms with van der Waals surface area (Å²) in [6.07, 6.45) is 7.64. The third-order valence-corrected chi connectivity index (χ3v) is 10.4. The largest absolute Gasteiger partial charge is 0.396 e. The average molecular weight is 395 g/mol. The first-order valence-electron chi connectivity index (χ1n) is 11.9. The number of hydrogen-bond donors (Lipinski definition) is 4. The molecule has 162 valence electrons. The van der Waals surface area contributed by atoms with Gasteiger partial charge in [0.05, 0.1) is 18.3 Å². The number of aliphatic hydroxyl groups excluding tert-OH is 4. The predicted molar refractivity (Wildman–Crippen MR) is 109 cm³/mol. The highest BCUT2D eigenvalue weighted by Crippen LogP contribution is 2.67. The Morgan fingerprint density at radius 1 is 0.964 bits per heavy atom. The summed E-state index contributed by atoms with van der Waals surface area (Å²) < 4.78 is 0. The van der Waals surface area contributed by atoms with Crippen molar-refractivity contribution in [2.45, 2.75) is 96.9 Å². The molecule has 0 aromatic carbocycles. The van der Waals surface area contributed by atoms with Gasteiger partial charge in [-0.3, -0.25) is 0 Å². The van der Waals surface area contributed by atoms with Gasteiger partial charge >= 0.3 is 0 Å². The van der Waals surface area contributed by atoms with Crippen LogP contribution >= 0.6 is 0 Å². The predicted octanol–water partition coefficient (Wildman–Crippen LogP) is 3.36. The standard InChI is InChI=1S/C24H42O4/c1-14(5-4-10-25)23(2)9-7-17-21-18(13-20(28)22(17)23)24(3)8-6-16(26)11-15(24)12-19(21)27/h14-22,25-28H,4-13H2,1-3H3/t14-,15?,16?,17?,18?,19?,20?,21?,22?,23?,24?/m1/s1. The Morgan fingerprint density at radius 3 is 2.43 bits per heavy atom. The van der Waals surface area contributed by atoms with E-state index in [0.717, 1.165) is 57.8 Å². The quantitative estimate of drug-likeness (QED) is 0.589. The van der Waals surface area contributed by atoms with Gasteiger partial charge in [-0.2, -0.15) is 0 Å². The van der Waals surface area contributed by atoms with Crippen LogP contribution in [0.15, 0.2) is 0 Å². The van der Waals surface area contributed by atoms with Crippen LogP contribution in [0, 0.1) is 46.3 Å². The number of hydrogen-bond acceptors (Lipinski definition) is 4. The second-order valence-electron chi connectivity index (χ2n) is 11.4. The lowest BCUT2D eigenvalue weighted by atomic mass is 9.45. The van der Waals surface area contributed by atoms with Gasteiger partial charge in [0.1, 0.15) is 0 Å². The van der Waals surface area contributed by atoms with Gasteiger partial charge in [-0.25, -0.2) is 0 Å². The van der Waals surface area contributed by atoms with Crippen LogP contribution in [0.5, 0.6) is 0 Å². The fraction of sp³-hybridized carbons (Fsp3) is 1.00. The Labute approximate surface area is 170 Å². The summed E-state index contributed by atoms with van der Waals surface area (Å²) in [7, 11) is 0. The molecule has 0 spiro atoms. The molecule has 0 heterocycles. The van der Waals surface area contributed by atoms with Crippen LogP contribution in [0.3, 0.4) is 0 Å². The van der Waals surface area contributed by atoms with Crippen molar-refractivity contribution in [3.8, 4) is 0 Å². The summed E-state index contributed by atoms with van der Waals surface area (Å²) in [5.74, 6) is 2.22. The molecule has 4 heteroatoms. The van der Waals surface area contributed by atoms with Crippen LogP contribution in [0.1, 0.15) is 78.6 Å². The van der Waals surface area contributed by atoms with E-state index in [2.05, 4.69) is 20.8 Å². The summed E-state index contributed by atoms with van der Waals surface area (Å²) in [6.45, 7) is 7.29. The van der Waals surface area contributed by atoms with Crippen molar-refractivity contribution in [2.24, 2.45) is 46.3 Å². The second-order valence-corrected chi connectivity index (χ2v) is 11.4. The zero-order chi connectivity index (χ0) is 20.3. The van der Waals surface area contributed by atoms with Crippen molar-refractivity contribution < 1.29 is 20.4 Å². The SMILES string of the molecule is C[C@H](CCCO)C1(C)CCC2C3C(O)CC4CC(O)CCC4(C)C3CC(O)C21. The van der Waals surface area contributed by atoms with Crippen LogP contribution in [0.25, 0.3) is 0 Å². The molecule has 4 fully saturated rings. The summed E-state index contributed by atoms with van der Waals surface area (Å²) in [5.41, 5.74) is 0.251. The minimum atomic E-state index is -0.288. The normalized spacial score (nSPS) is 54.5. The Kier molecular flexibility index (Phi) is 5.66. The molecule has 0 bridgehead atoms. The zero-order valence-corrected chi connectivity index (χ0v) is 18.1. The van der Waals surface area contributed by atoms with Crippen molar-refractivity contribution >= 4 is 0 Å². The molecule has 0 saturated heterocycles. The molecule has 4 nitrogen and oxygen atoms in total. The third kappa shape index (κ3) is 3.09. The fourth-order valence-electron chi connectivity index (χ4n) is 8.60. The van der Waals surface area contributed by atoms with Gasteiger partial charge in [-0.15, -0.1) is 0 Å². The highest BCUT2D eigenvalue weighted by Gasteiger charge is 2.63. The lowest BCUT2D eigenvalue weighted by molar-refractivity contribution is -0.188. The average Bonchev–Trinajstić information content (AvgIpc) is 3.01. The first-order valence-corrected chi connectivity index (χ1v) is 11.9. The minimum Gasteiger partial charge on any atom is -0.396 e. The minimum absolute atomic E-state index is 0.102. The molecule has 28 heavy (non-hydrogen) atoms. The molecule has 0 aromatic rings.